The minimum Gasteiger partial charge on any atom is -0.455 e. The first-order valence-corrected chi connectivity index (χ1v) is 8.70. The Labute approximate surface area is 146 Å². The number of carbonyl (C=O) groups excluding carboxylic acids is 2. The second kappa shape index (κ2) is 7.49. The van der Waals surface area contributed by atoms with Crippen molar-refractivity contribution in [2.45, 2.75) is 66.1 Å². The van der Waals surface area contributed by atoms with Crippen LogP contribution in [-0.2, 0) is 28.5 Å². The van der Waals surface area contributed by atoms with Gasteiger partial charge in [0.05, 0.1) is 10.8 Å². The largest absolute Gasteiger partial charge is 0.455 e. The van der Waals surface area contributed by atoms with E-state index in [1.165, 1.54) is 7.11 Å². The molecule has 7 heteroatoms. The molecule has 0 amide bonds. The van der Waals surface area contributed by atoms with Crippen molar-refractivity contribution in [1.82, 2.24) is 0 Å². The predicted octanol–water partition coefficient (Wildman–Crippen LogP) is 2.67. The number of alkyl halides is 1. The first kappa shape index (κ1) is 20.4. The van der Waals surface area contributed by atoms with Crippen LogP contribution in [0.2, 0.25) is 0 Å². The molecule has 0 aromatic carbocycles. The molecule has 1 saturated heterocycles. The third-order valence-electron chi connectivity index (χ3n) is 3.36. The van der Waals surface area contributed by atoms with Crippen molar-refractivity contribution in [1.29, 1.82) is 0 Å². The van der Waals surface area contributed by atoms with E-state index in [2.05, 4.69) is 15.9 Å². The summed E-state index contributed by atoms with van der Waals surface area (Å²) in [6.45, 7) is 10.6. The third-order valence-corrected chi connectivity index (χ3v) is 4.00. The molecule has 0 bridgehead atoms. The van der Waals surface area contributed by atoms with Crippen molar-refractivity contribution >= 4 is 27.9 Å². The van der Waals surface area contributed by atoms with E-state index in [0.29, 0.717) is 5.33 Å². The number of carbonyl (C=O) groups is 2. The Morgan fingerprint density at radius 1 is 0.957 bits per heavy atom. The summed E-state index contributed by atoms with van der Waals surface area (Å²) in [7, 11) is 1.46. The lowest BCUT2D eigenvalue weighted by Gasteiger charge is -2.28. The molecule has 0 N–H and O–H groups in total. The van der Waals surface area contributed by atoms with Gasteiger partial charge in [-0.1, -0.05) is 15.9 Å². The smallest absolute Gasteiger partial charge is 0.311 e. The van der Waals surface area contributed by atoms with Crippen molar-refractivity contribution < 1.29 is 28.5 Å². The summed E-state index contributed by atoms with van der Waals surface area (Å²) in [5, 5.41) is 0.429. The number of esters is 2. The summed E-state index contributed by atoms with van der Waals surface area (Å²) < 4.78 is 22.1. The quantitative estimate of drug-likeness (QED) is 0.539. The van der Waals surface area contributed by atoms with E-state index in [4.69, 9.17) is 18.9 Å². The molecule has 1 rings (SSSR count). The van der Waals surface area contributed by atoms with Crippen molar-refractivity contribution in [3.05, 3.63) is 0 Å². The molecule has 0 radical (unpaired) electrons. The predicted molar refractivity (Wildman–Crippen MR) is 88.1 cm³/mol. The Balaban J connectivity index is 2.99. The highest BCUT2D eigenvalue weighted by molar-refractivity contribution is 9.09. The van der Waals surface area contributed by atoms with Crippen LogP contribution < -0.4 is 0 Å². The average molecular weight is 395 g/mol. The van der Waals surface area contributed by atoms with Gasteiger partial charge in [-0.3, -0.25) is 9.59 Å². The fourth-order valence-electron chi connectivity index (χ4n) is 1.87. The van der Waals surface area contributed by atoms with E-state index in [-0.39, 0.29) is 5.97 Å². The van der Waals surface area contributed by atoms with Crippen molar-refractivity contribution in [2.24, 2.45) is 10.8 Å². The molecule has 4 atom stereocenters. The number of ether oxygens (including phenoxy) is 4. The summed E-state index contributed by atoms with van der Waals surface area (Å²) in [6.07, 6.45) is -2.76. The van der Waals surface area contributed by atoms with Crippen LogP contribution in [0, 0.1) is 10.8 Å². The standard InChI is InChI=1S/C16H27BrO6/c1-15(2,3)13(18)22-10-9(8-17)21-12(20-7)11(10)23-14(19)16(4,5)6/h9-12H,8H2,1-7H3/t9?,10-,11-,12?/m1/s1. The van der Waals surface area contributed by atoms with E-state index >= 15 is 0 Å². The second-order valence-electron chi connectivity index (χ2n) is 7.67. The molecule has 0 aromatic rings. The zero-order chi connectivity index (χ0) is 18.0. The SMILES string of the molecule is COC1OC(CBr)[C@@H](OC(=O)C(C)(C)C)[C@H]1OC(=O)C(C)(C)C. The molecule has 1 aliphatic heterocycles. The molecule has 1 aliphatic rings. The van der Waals surface area contributed by atoms with Crippen LogP contribution in [0.4, 0.5) is 0 Å². The maximum atomic E-state index is 12.2. The zero-order valence-electron chi connectivity index (χ0n) is 14.8. The Hall–Kier alpha value is -0.660. The van der Waals surface area contributed by atoms with Crippen LogP contribution in [0.25, 0.3) is 0 Å². The fourth-order valence-corrected chi connectivity index (χ4v) is 2.39. The Kier molecular flexibility index (Phi) is 6.64. The number of halogens is 1. The van der Waals surface area contributed by atoms with E-state index < -0.39 is 41.4 Å². The van der Waals surface area contributed by atoms with Gasteiger partial charge in [-0.2, -0.15) is 0 Å². The van der Waals surface area contributed by atoms with E-state index in [9.17, 15) is 9.59 Å². The first-order chi connectivity index (χ1) is 10.4. The maximum Gasteiger partial charge on any atom is 0.311 e. The van der Waals surface area contributed by atoms with Crippen LogP contribution >= 0.6 is 15.9 Å². The van der Waals surface area contributed by atoms with Crippen molar-refractivity contribution in [3.8, 4) is 0 Å². The van der Waals surface area contributed by atoms with Crippen molar-refractivity contribution in [3.63, 3.8) is 0 Å². The highest BCUT2D eigenvalue weighted by Crippen LogP contribution is 2.32. The van der Waals surface area contributed by atoms with Gasteiger partial charge >= 0.3 is 11.9 Å². The average Bonchev–Trinajstić information content (AvgIpc) is 2.74. The molecule has 1 heterocycles. The van der Waals surface area contributed by atoms with Crippen LogP contribution in [0.3, 0.4) is 0 Å². The molecular weight excluding hydrogens is 368 g/mol. The normalized spacial score (nSPS) is 28.5. The van der Waals surface area contributed by atoms with E-state index in [1.54, 1.807) is 41.5 Å². The Morgan fingerprint density at radius 2 is 1.39 bits per heavy atom. The molecule has 6 nitrogen and oxygen atoms in total. The van der Waals surface area contributed by atoms with Gasteiger partial charge in [0.2, 0.25) is 0 Å². The summed E-state index contributed by atoms with van der Waals surface area (Å²) in [4.78, 5) is 24.5. The van der Waals surface area contributed by atoms with Gasteiger partial charge in [-0.05, 0) is 41.5 Å². The van der Waals surface area contributed by atoms with Gasteiger partial charge in [-0.15, -0.1) is 0 Å². The molecule has 0 aromatic heterocycles. The highest BCUT2D eigenvalue weighted by atomic mass is 79.9. The van der Waals surface area contributed by atoms with Crippen LogP contribution in [0.5, 0.6) is 0 Å². The fraction of sp³-hybridized carbons (Fsp3) is 0.875. The van der Waals surface area contributed by atoms with Gasteiger partial charge in [0.1, 0.15) is 6.10 Å². The third kappa shape index (κ3) is 5.16. The molecule has 0 aliphatic carbocycles. The number of hydrogen-bond acceptors (Lipinski definition) is 6. The Morgan fingerprint density at radius 3 is 1.74 bits per heavy atom. The molecule has 0 saturated carbocycles. The lowest BCUT2D eigenvalue weighted by atomic mass is 9.96. The van der Waals surface area contributed by atoms with Crippen LogP contribution in [0.1, 0.15) is 41.5 Å². The summed E-state index contributed by atoms with van der Waals surface area (Å²) in [5.74, 6) is -0.786. The first-order valence-electron chi connectivity index (χ1n) is 7.58. The summed E-state index contributed by atoms with van der Waals surface area (Å²) in [6, 6.07) is 0. The summed E-state index contributed by atoms with van der Waals surface area (Å²) >= 11 is 3.33. The molecule has 23 heavy (non-hydrogen) atoms. The lowest BCUT2D eigenvalue weighted by molar-refractivity contribution is -0.190. The molecular formula is C16H27BrO6. The number of hydrogen-bond donors (Lipinski definition) is 0. The minimum absolute atomic E-state index is 0.384. The van der Waals surface area contributed by atoms with Gasteiger partial charge in [0.15, 0.2) is 18.5 Å². The van der Waals surface area contributed by atoms with Crippen LogP contribution in [-0.4, -0.2) is 49.0 Å². The molecule has 0 spiro atoms. The molecule has 2 unspecified atom stereocenters. The molecule has 1 fully saturated rings. The number of rotatable bonds is 4. The summed E-state index contributed by atoms with van der Waals surface area (Å²) in [5.41, 5.74) is -1.34. The van der Waals surface area contributed by atoms with E-state index in [1.807, 2.05) is 0 Å². The zero-order valence-corrected chi connectivity index (χ0v) is 16.4. The van der Waals surface area contributed by atoms with Crippen LogP contribution in [0.15, 0.2) is 0 Å². The lowest BCUT2D eigenvalue weighted by Crippen LogP contribution is -2.44. The highest BCUT2D eigenvalue weighted by Gasteiger charge is 2.51. The number of methoxy groups -OCH3 is 1. The van der Waals surface area contributed by atoms with Gasteiger partial charge in [0.25, 0.3) is 0 Å². The minimum atomic E-state index is -0.805. The maximum absolute atomic E-state index is 12.2. The van der Waals surface area contributed by atoms with Gasteiger partial charge in [-0.25, -0.2) is 0 Å². The second-order valence-corrected chi connectivity index (χ2v) is 8.32. The Bertz CT molecular complexity index is 397. The monoisotopic (exact) mass is 394 g/mol. The van der Waals surface area contributed by atoms with Gasteiger partial charge in [0, 0.05) is 12.4 Å². The van der Waals surface area contributed by atoms with E-state index in [0.717, 1.165) is 0 Å². The van der Waals surface area contributed by atoms with Gasteiger partial charge < -0.3 is 18.9 Å². The topological polar surface area (TPSA) is 71.1 Å². The van der Waals surface area contributed by atoms with Crippen molar-refractivity contribution in [2.75, 3.05) is 12.4 Å². The molecule has 134 valence electrons.